The monoisotopic (exact) mass is 465 g/mol. The van der Waals surface area contributed by atoms with Gasteiger partial charge in [-0.25, -0.2) is 0 Å². The molecular weight excluding hydrogens is 442 g/mol. The molecule has 0 aliphatic heterocycles. The number of non-ortho nitro benzene ring substituents is 1. The standard InChI is InChI=1S/C16H24BrN3O8/c17-3-5-25-7-9-27-11-12-28-10-8-26-6-4-18-15-2-1-14(19(21)22)13-16(15)20(23)24/h1-2,13,18H,3-12H2. The Hall–Kier alpha value is -1.86. The second kappa shape index (κ2) is 15.1. The maximum atomic E-state index is 11.0. The van der Waals surface area contributed by atoms with Gasteiger partial charge in [-0.05, 0) is 6.07 Å². The van der Waals surface area contributed by atoms with Gasteiger partial charge in [-0.15, -0.1) is 0 Å². The first-order valence-electron chi connectivity index (χ1n) is 8.60. The van der Waals surface area contributed by atoms with Crippen LogP contribution in [0, 0.1) is 20.2 Å². The van der Waals surface area contributed by atoms with Crippen molar-refractivity contribution in [2.75, 3.05) is 70.0 Å². The fraction of sp³-hybridized carbons (Fsp3) is 0.625. The summed E-state index contributed by atoms with van der Waals surface area (Å²) >= 11 is 3.26. The highest BCUT2D eigenvalue weighted by Gasteiger charge is 2.18. The van der Waals surface area contributed by atoms with Gasteiger partial charge in [0, 0.05) is 17.9 Å². The molecule has 12 heteroatoms. The summed E-state index contributed by atoms with van der Waals surface area (Å²) in [5.74, 6) is 0. The number of nitrogens with one attached hydrogen (secondary N) is 1. The van der Waals surface area contributed by atoms with E-state index in [1.54, 1.807) is 0 Å². The first-order valence-corrected chi connectivity index (χ1v) is 9.72. The van der Waals surface area contributed by atoms with Crippen LogP contribution in [0.2, 0.25) is 0 Å². The van der Waals surface area contributed by atoms with Crippen LogP contribution in [0.15, 0.2) is 18.2 Å². The molecule has 0 fully saturated rings. The van der Waals surface area contributed by atoms with Crippen molar-refractivity contribution in [3.05, 3.63) is 38.4 Å². The van der Waals surface area contributed by atoms with Gasteiger partial charge >= 0.3 is 0 Å². The van der Waals surface area contributed by atoms with E-state index in [9.17, 15) is 20.2 Å². The van der Waals surface area contributed by atoms with Gasteiger partial charge in [-0.3, -0.25) is 20.2 Å². The number of ether oxygens (including phenoxy) is 4. The third-order valence-corrected chi connectivity index (χ3v) is 3.61. The highest BCUT2D eigenvalue weighted by atomic mass is 79.9. The number of halogens is 1. The molecule has 1 aromatic rings. The summed E-state index contributed by atoms with van der Waals surface area (Å²) in [6.07, 6.45) is 0. The first-order chi connectivity index (χ1) is 13.6. The highest BCUT2D eigenvalue weighted by molar-refractivity contribution is 9.09. The summed E-state index contributed by atoms with van der Waals surface area (Å²) in [7, 11) is 0. The SMILES string of the molecule is O=[N+]([O-])c1ccc(NCCOCCOCCOCCOCCBr)c([N+](=O)[O-])c1. The molecule has 0 atom stereocenters. The molecule has 0 saturated carbocycles. The first kappa shape index (κ1) is 24.2. The van der Waals surface area contributed by atoms with Crippen LogP contribution >= 0.6 is 15.9 Å². The quantitative estimate of drug-likeness (QED) is 0.159. The summed E-state index contributed by atoms with van der Waals surface area (Å²) in [4.78, 5) is 20.4. The topological polar surface area (TPSA) is 135 Å². The third kappa shape index (κ3) is 10.5. The van der Waals surface area contributed by atoms with Crippen LogP contribution in [0.3, 0.4) is 0 Å². The Bertz CT molecular complexity index is 605. The van der Waals surface area contributed by atoms with E-state index >= 15 is 0 Å². The molecule has 0 aliphatic rings. The molecule has 0 amide bonds. The van der Waals surface area contributed by atoms with Gasteiger partial charge in [0.05, 0.1) is 68.8 Å². The fourth-order valence-corrected chi connectivity index (χ4v) is 2.24. The molecule has 0 bridgehead atoms. The number of nitrogens with zero attached hydrogens (tertiary/aromatic N) is 2. The summed E-state index contributed by atoms with van der Waals surface area (Å²) in [5.41, 5.74) is -0.482. The predicted molar refractivity (Wildman–Crippen MR) is 105 cm³/mol. The average molecular weight is 466 g/mol. The second-order valence-corrected chi connectivity index (χ2v) is 6.07. The van der Waals surface area contributed by atoms with Crippen LogP contribution in [-0.2, 0) is 18.9 Å². The molecular formula is C16H24BrN3O8. The van der Waals surface area contributed by atoms with E-state index in [0.717, 1.165) is 11.4 Å². The Kier molecular flexibility index (Phi) is 13.0. The van der Waals surface area contributed by atoms with Gasteiger partial charge in [0.2, 0.25) is 0 Å². The molecule has 1 aromatic carbocycles. The number of nitro groups is 2. The Balaban J connectivity index is 2.07. The Labute approximate surface area is 170 Å². The second-order valence-electron chi connectivity index (χ2n) is 5.28. The van der Waals surface area contributed by atoms with E-state index in [1.165, 1.54) is 12.1 Å². The zero-order valence-electron chi connectivity index (χ0n) is 15.3. The number of hydrogen-bond donors (Lipinski definition) is 1. The van der Waals surface area contributed by atoms with Crippen LogP contribution < -0.4 is 5.32 Å². The zero-order valence-corrected chi connectivity index (χ0v) is 16.9. The Morgan fingerprint density at radius 2 is 1.36 bits per heavy atom. The van der Waals surface area contributed by atoms with Crippen molar-refractivity contribution < 1.29 is 28.8 Å². The lowest BCUT2D eigenvalue weighted by molar-refractivity contribution is -0.393. The molecule has 0 aromatic heterocycles. The highest BCUT2D eigenvalue weighted by Crippen LogP contribution is 2.28. The number of nitro benzene ring substituents is 2. The van der Waals surface area contributed by atoms with E-state index in [-0.39, 0.29) is 17.1 Å². The molecule has 1 rings (SSSR count). The van der Waals surface area contributed by atoms with Crippen molar-refractivity contribution >= 4 is 33.0 Å². The minimum absolute atomic E-state index is 0.202. The largest absolute Gasteiger partial charge is 0.378 e. The van der Waals surface area contributed by atoms with Crippen molar-refractivity contribution in [3.63, 3.8) is 0 Å². The van der Waals surface area contributed by atoms with Crippen molar-refractivity contribution in [1.82, 2.24) is 0 Å². The number of rotatable bonds is 17. The van der Waals surface area contributed by atoms with Gasteiger partial charge < -0.3 is 24.3 Å². The molecule has 11 nitrogen and oxygen atoms in total. The molecule has 0 spiro atoms. The summed E-state index contributed by atoms with van der Waals surface area (Å²) in [5, 5.41) is 25.4. The van der Waals surface area contributed by atoms with Gasteiger partial charge in [0.15, 0.2) is 0 Å². The summed E-state index contributed by atoms with van der Waals surface area (Å²) < 4.78 is 21.2. The number of anilines is 1. The maximum Gasteiger partial charge on any atom is 0.299 e. The van der Waals surface area contributed by atoms with E-state index in [0.29, 0.717) is 59.4 Å². The van der Waals surface area contributed by atoms with E-state index in [2.05, 4.69) is 21.2 Å². The molecule has 1 N–H and O–H groups in total. The van der Waals surface area contributed by atoms with Crippen LogP contribution in [-0.4, -0.2) is 74.6 Å². The van der Waals surface area contributed by atoms with Crippen molar-refractivity contribution in [3.8, 4) is 0 Å². The molecule has 0 aliphatic carbocycles. The van der Waals surface area contributed by atoms with Crippen LogP contribution in [0.5, 0.6) is 0 Å². The van der Waals surface area contributed by atoms with Crippen LogP contribution in [0.1, 0.15) is 0 Å². The van der Waals surface area contributed by atoms with Crippen molar-refractivity contribution in [1.29, 1.82) is 0 Å². The minimum Gasteiger partial charge on any atom is -0.378 e. The number of alkyl halides is 1. The molecule has 28 heavy (non-hydrogen) atoms. The molecule has 0 heterocycles. The van der Waals surface area contributed by atoms with Gasteiger partial charge in [0.25, 0.3) is 11.4 Å². The smallest absolute Gasteiger partial charge is 0.299 e. The maximum absolute atomic E-state index is 11.0. The zero-order chi connectivity index (χ0) is 20.6. The normalized spacial score (nSPS) is 10.8. The Morgan fingerprint density at radius 3 is 1.86 bits per heavy atom. The fourth-order valence-electron chi connectivity index (χ4n) is 2.01. The number of benzene rings is 1. The Morgan fingerprint density at radius 1 is 0.821 bits per heavy atom. The van der Waals surface area contributed by atoms with E-state index in [1.807, 2.05) is 0 Å². The van der Waals surface area contributed by atoms with Gasteiger partial charge in [-0.2, -0.15) is 0 Å². The lowest BCUT2D eigenvalue weighted by Gasteiger charge is -2.09. The average Bonchev–Trinajstić information content (AvgIpc) is 2.68. The van der Waals surface area contributed by atoms with Gasteiger partial charge in [0.1, 0.15) is 5.69 Å². The van der Waals surface area contributed by atoms with Crippen LogP contribution in [0.4, 0.5) is 17.1 Å². The predicted octanol–water partition coefficient (Wildman–Crippen LogP) is 2.38. The molecule has 0 unspecified atom stereocenters. The molecule has 0 radical (unpaired) electrons. The molecule has 0 saturated heterocycles. The van der Waals surface area contributed by atoms with E-state index in [4.69, 9.17) is 18.9 Å². The summed E-state index contributed by atoms with van der Waals surface area (Å²) in [6, 6.07) is 3.44. The van der Waals surface area contributed by atoms with Crippen LogP contribution in [0.25, 0.3) is 0 Å². The lowest BCUT2D eigenvalue weighted by Crippen LogP contribution is -2.15. The summed E-state index contributed by atoms with van der Waals surface area (Å²) in [6.45, 7) is 4.05. The lowest BCUT2D eigenvalue weighted by atomic mass is 10.2. The third-order valence-electron chi connectivity index (χ3n) is 3.29. The number of hydrogen-bond acceptors (Lipinski definition) is 9. The molecule has 158 valence electrons. The van der Waals surface area contributed by atoms with Crippen molar-refractivity contribution in [2.24, 2.45) is 0 Å². The minimum atomic E-state index is -0.677. The van der Waals surface area contributed by atoms with E-state index < -0.39 is 9.85 Å². The van der Waals surface area contributed by atoms with Gasteiger partial charge in [-0.1, -0.05) is 15.9 Å². The van der Waals surface area contributed by atoms with Crippen molar-refractivity contribution in [2.45, 2.75) is 0 Å².